The third-order valence-corrected chi connectivity index (χ3v) is 4.16. The number of hydrogen-bond donors (Lipinski definition) is 1. The molecule has 1 aromatic carbocycles. The fourth-order valence-corrected chi connectivity index (χ4v) is 2.81. The molecule has 9 heteroatoms. The molecule has 0 saturated carbocycles. The molecule has 0 aliphatic carbocycles. The predicted molar refractivity (Wildman–Crippen MR) is 92.0 cm³/mol. The van der Waals surface area contributed by atoms with Crippen LogP contribution in [0, 0.1) is 0 Å². The number of carbonyl (C=O) groups excluding carboxylic acids is 1. The normalized spacial score (nSPS) is 14.9. The van der Waals surface area contributed by atoms with Crippen LogP contribution in [-0.2, 0) is 0 Å². The maximum absolute atomic E-state index is 12.5. The van der Waals surface area contributed by atoms with Gasteiger partial charge in [-0.2, -0.15) is 13.2 Å². The van der Waals surface area contributed by atoms with Gasteiger partial charge in [0.2, 0.25) is 5.88 Å². The van der Waals surface area contributed by atoms with Crippen molar-refractivity contribution in [1.29, 1.82) is 0 Å². The minimum absolute atomic E-state index is 0.187. The van der Waals surface area contributed by atoms with Gasteiger partial charge >= 0.3 is 6.18 Å². The van der Waals surface area contributed by atoms with Gasteiger partial charge in [-0.3, -0.25) is 4.79 Å². The van der Waals surface area contributed by atoms with Crippen LogP contribution in [0.15, 0.2) is 42.6 Å². The van der Waals surface area contributed by atoms with Crippen LogP contribution in [0.4, 0.5) is 18.9 Å². The smallest absolute Gasteiger partial charge is 0.422 e. The number of benzene rings is 1. The number of phenols is 1. The van der Waals surface area contributed by atoms with E-state index in [1.807, 2.05) is 17.0 Å². The molecule has 0 bridgehead atoms. The van der Waals surface area contributed by atoms with Crippen molar-refractivity contribution in [3.63, 3.8) is 0 Å². The van der Waals surface area contributed by atoms with Crippen molar-refractivity contribution in [3.8, 4) is 11.6 Å². The highest BCUT2D eigenvalue weighted by atomic mass is 19.4. The Balaban J connectivity index is 1.57. The zero-order valence-corrected chi connectivity index (χ0v) is 14.3. The molecule has 1 aliphatic rings. The number of phenolic OH excluding ortho intramolecular Hbond substituents is 1. The molecule has 27 heavy (non-hydrogen) atoms. The third-order valence-electron chi connectivity index (χ3n) is 4.16. The summed E-state index contributed by atoms with van der Waals surface area (Å²) in [5.74, 6) is -0.244. The molecule has 144 valence electrons. The van der Waals surface area contributed by atoms with E-state index in [-0.39, 0.29) is 23.1 Å². The molecule has 1 aromatic heterocycles. The second kappa shape index (κ2) is 7.73. The standard InChI is InChI=1S/C18H18F3N3O3/c19-18(20,21)12-27-16-6-5-13(11-22-16)17(26)24-9-7-23(8-10-24)14-3-1-2-4-15(14)25/h1-6,11,25H,7-10,12H2. The number of amides is 1. The molecule has 2 heterocycles. The molecule has 2 aromatic rings. The number of ether oxygens (including phenoxy) is 1. The number of hydrogen-bond acceptors (Lipinski definition) is 5. The number of carbonyl (C=O) groups is 1. The van der Waals surface area contributed by atoms with Gasteiger partial charge in [0.1, 0.15) is 5.75 Å². The van der Waals surface area contributed by atoms with Gasteiger partial charge in [0, 0.05) is 38.4 Å². The molecule has 0 radical (unpaired) electrons. The fraction of sp³-hybridized carbons (Fsp3) is 0.333. The Hall–Kier alpha value is -2.97. The summed E-state index contributed by atoms with van der Waals surface area (Å²) < 4.78 is 40.9. The number of nitrogens with zero attached hydrogens (tertiary/aromatic N) is 3. The van der Waals surface area contributed by atoms with E-state index in [4.69, 9.17) is 0 Å². The Labute approximate surface area is 153 Å². The van der Waals surface area contributed by atoms with Gasteiger partial charge < -0.3 is 19.6 Å². The fourth-order valence-electron chi connectivity index (χ4n) is 2.81. The van der Waals surface area contributed by atoms with Crippen molar-refractivity contribution in [3.05, 3.63) is 48.2 Å². The zero-order valence-electron chi connectivity index (χ0n) is 14.3. The number of halogens is 3. The number of pyridine rings is 1. The van der Waals surface area contributed by atoms with Crippen LogP contribution in [0.25, 0.3) is 0 Å². The zero-order chi connectivity index (χ0) is 19.4. The van der Waals surface area contributed by atoms with Crippen molar-refractivity contribution in [2.45, 2.75) is 6.18 Å². The molecule has 3 rings (SSSR count). The maximum Gasteiger partial charge on any atom is 0.422 e. The Kier molecular flexibility index (Phi) is 5.38. The Bertz CT molecular complexity index is 788. The van der Waals surface area contributed by atoms with E-state index in [0.717, 1.165) is 5.69 Å². The van der Waals surface area contributed by atoms with Crippen molar-refractivity contribution in [2.75, 3.05) is 37.7 Å². The first-order chi connectivity index (χ1) is 12.8. The molecule has 1 N–H and O–H groups in total. The average molecular weight is 381 g/mol. The number of piperazine rings is 1. The van der Waals surface area contributed by atoms with Crippen LogP contribution in [0.5, 0.6) is 11.6 Å². The van der Waals surface area contributed by atoms with Crippen LogP contribution in [0.1, 0.15) is 10.4 Å². The number of anilines is 1. The maximum atomic E-state index is 12.5. The average Bonchev–Trinajstić information content (AvgIpc) is 2.66. The summed E-state index contributed by atoms with van der Waals surface area (Å²) in [6.45, 7) is 0.605. The lowest BCUT2D eigenvalue weighted by molar-refractivity contribution is -0.154. The number of para-hydroxylation sites is 2. The molecular weight excluding hydrogens is 363 g/mol. The minimum atomic E-state index is -4.44. The van der Waals surface area contributed by atoms with Crippen LogP contribution < -0.4 is 9.64 Å². The molecular formula is C18H18F3N3O3. The molecule has 1 saturated heterocycles. The van der Waals surface area contributed by atoms with E-state index >= 15 is 0 Å². The van der Waals surface area contributed by atoms with E-state index in [9.17, 15) is 23.1 Å². The monoisotopic (exact) mass is 381 g/mol. The number of aromatic nitrogens is 1. The van der Waals surface area contributed by atoms with Crippen molar-refractivity contribution in [2.24, 2.45) is 0 Å². The first kappa shape index (κ1) is 18.8. The van der Waals surface area contributed by atoms with Crippen LogP contribution in [0.2, 0.25) is 0 Å². The summed E-state index contributed by atoms with van der Waals surface area (Å²) in [7, 11) is 0. The van der Waals surface area contributed by atoms with Gasteiger partial charge in [-0.15, -0.1) is 0 Å². The molecule has 1 amide bonds. The number of aromatic hydroxyl groups is 1. The van der Waals surface area contributed by atoms with Crippen LogP contribution in [-0.4, -0.2) is 59.9 Å². The van der Waals surface area contributed by atoms with Gasteiger partial charge in [0.05, 0.1) is 11.3 Å². The van der Waals surface area contributed by atoms with Crippen LogP contribution >= 0.6 is 0 Å². The molecule has 0 spiro atoms. The SMILES string of the molecule is O=C(c1ccc(OCC(F)(F)F)nc1)N1CCN(c2ccccc2O)CC1. The second-order valence-electron chi connectivity index (χ2n) is 6.06. The Morgan fingerprint density at radius 2 is 1.81 bits per heavy atom. The number of alkyl halides is 3. The van der Waals surface area contributed by atoms with Gasteiger partial charge in [-0.05, 0) is 18.2 Å². The van der Waals surface area contributed by atoms with Gasteiger partial charge in [-0.25, -0.2) is 4.98 Å². The van der Waals surface area contributed by atoms with Crippen molar-refractivity contribution in [1.82, 2.24) is 9.88 Å². The highest BCUT2D eigenvalue weighted by molar-refractivity contribution is 5.94. The lowest BCUT2D eigenvalue weighted by atomic mass is 10.2. The highest BCUT2D eigenvalue weighted by Gasteiger charge is 2.29. The Morgan fingerprint density at radius 3 is 2.41 bits per heavy atom. The topological polar surface area (TPSA) is 65.9 Å². The van der Waals surface area contributed by atoms with Gasteiger partial charge in [0.15, 0.2) is 6.61 Å². The van der Waals surface area contributed by atoms with E-state index in [0.29, 0.717) is 26.2 Å². The molecule has 0 atom stereocenters. The van der Waals surface area contributed by atoms with Gasteiger partial charge in [-0.1, -0.05) is 12.1 Å². The molecule has 1 aliphatic heterocycles. The van der Waals surface area contributed by atoms with Crippen molar-refractivity contribution < 1.29 is 27.8 Å². The first-order valence-corrected chi connectivity index (χ1v) is 8.31. The van der Waals surface area contributed by atoms with E-state index in [2.05, 4.69) is 9.72 Å². The van der Waals surface area contributed by atoms with Gasteiger partial charge in [0.25, 0.3) is 5.91 Å². The first-order valence-electron chi connectivity index (χ1n) is 8.31. The summed E-state index contributed by atoms with van der Waals surface area (Å²) >= 11 is 0. The summed E-state index contributed by atoms with van der Waals surface area (Å²) in [5.41, 5.74) is 1.00. The Morgan fingerprint density at radius 1 is 1.11 bits per heavy atom. The van der Waals surface area contributed by atoms with E-state index in [1.54, 1.807) is 17.0 Å². The van der Waals surface area contributed by atoms with E-state index in [1.165, 1.54) is 18.3 Å². The summed E-state index contributed by atoms with van der Waals surface area (Å²) in [5, 5.41) is 9.92. The van der Waals surface area contributed by atoms with Crippen LogP contribution in [0.3, 0.4) is 0 Å². The molecule has 1 fully saturated rings. The lowest BCUT2D eigenvalue weighted by Gasteiger charge is -2.36. The quantitative estimate of drug-likeness (QED) is 0.882. The lowest BCUT2D eigenvalue weighted by Crippen LogP contribution is -2.48. The summed E-state index contributed by atoms with van der Waals surface area (Å²) in [6.07, 6.45) is -3.23. The largest absolute Gasteiger partial charge is 0.506 e. The van der Waals surface area contributed by atoms with Crippen molar-refractivity contribution >= 4 is 11.6 Å². The number of rotatable bonds is 4. The molecule has 0 unspecified atom stereocenters. The van der Waals surface area contributed by atoms with E-state index < -0.39 is 12.8 Å². The highest BCUT2D eigenvalue weighted by Crippen LogP contribution is 2.27. The summed E-state index contributed by atoms with van der Waals surface area (Å²) in [4.78, 5) is 19.9. The third kappa shape index (κ3) is 4.81. The predicted octanol–water partition coefficient (Wildman–Crippen LogP) is 2.69. The summed E-state index contributed by atoms with van der Waals surface area (Å²) in [6, 6.07) is 9.65. The second-order valence-corrected chi connectivity index (χ2v) is 6.06. The minimum Gasteiger partial charge on any atom is -0.506 e. The molecule has 6 nitrogen and oxygen atoms in total.